The zero-order chi connectivity index (χ0) is 17.0. The molecule has 0 saturated carbocycles. The first kappa shape index (κ1) is 16.8. The van der Waals surface area contributed by atoms with Gasteiger partial charge < -0.3 is 14.5 Å². The Bertz CT molecular complexity index is 724. The van der Waals surface area contributed by atoms with Gasteiger partial charge in [0.05, 0.1) is 20.1 Å². The molecule has 0 aliphatic rings. The minimum absolute atomic E-state index is 0.0392. The SMILES string of the molecule is CCOC(=O)[C@](CC)(Cc1c[nH]c2ccc(OC)cc12)[N+](=O)[O-]. The molecule has 2 rings (SSSR count). The maximum Gasteiger partial charge on any atom is 0.385 e. The van der Waals surface area contributed by atoms with Crippen LogP contribution in [-0.2, 0) is 16.0 Å². The minimum Gasteiger partial charge on any atom is -0.497 e. The maximum absolute atomic E-state index is 12.2. The van der Waals surface area contributed by atoms with Gasteiger partial charge in [0.25, 0.3) is 0 Å². The first-order valence-electron chi connectivity index (χ1n) is 7.44. The van der Waals surface area contributed by atoms with Crippen molar-refractivity contribution < 1.29 is 19.2 Å². The summed E-state index contributed by atoms with van der Waals surface area (Å²) in [6.07, 6.45) is 1.70. The number of H-pyrrole nitrogens is 1. The molecule has 1 aromatic heterocycles. The number of esters is 1. The van der Waals surface area contributed by atoms with Crippen molar-refractivity contribution in [3.8, 4) is 5.75 Å². The number of hydrogen-bond donors (Lipinski definition) is 1. The van der Waals surface area contributed by atoms with Crippen molar-refractivity contribution in [3.05, 3.63) is 40.1 Å². The largest absolute Gasteiger partial charge is 0.497 e. The fourth-order valence-electron chi connectivity index (χ4n) is 2.62. The molecule has 0 unspecified atom stereocenters. The smallest absolute Gasteiger partial charge is 0.385 e. The molecule has 0 saturated heterocycles. The summed E-state index contributed by atoms with van der Waals surface area (Å²) in [5, 5.41) is 12.4. The third kappa shape index (κ3) is 2.99. The molecular formula is C16H20N2O5. The Morgan fingerprint density at radius 3 is 2.70 bits per heavy atom. The molecule has 0 aliphatic carbocycles. The predicted molar refractivity (Wildman–Crippen MR) is 85.2 cm³/mol. The second-order valence-electron chi connectivity index (χ2n) is 5.26. The van der Waals surface area contributed by atoms with Crippen molar-refractivity contribution in [1.82, 2.24) is 4.98 Å². The van der Waals surface area contributed by atoms with Crippen LogP contribution in [0.25, 0.3) is 10.9 Å². The number of ether oxygens (including phenoxy) is 2. The normalized spacial score (nSPS) is 13.5. The van der Waals surface area contributed by atoms with E-state index in [0.717, 1.165) is 10.9 Å². The Labute approximate surface area is 133 Å². The molecule has 0 fully saturated rings. The molecule has 7 nitrogen and oxygen atoms in total. The molecule has 1 heterocycles. The van der Waals surface area contributed by atoms with E-state index in [1.807, 2.05) is 6.07 Å². The first-order chi connectivity index (χ1) is 11.0. The van der Waals surface area contributed by atoms with Crippen molar-refractivity contribution in [3.63, 3.8) is 0 Å². The number of nitro groups is 1. The van der Waals surface area contributed by atoms with Crippen molar-refractivity contribution in [2.75, 3.05) is 13.7 Å². The molecule has 0 bridgehead atoms. The topological polar surface area (TPSA) is 94.5 Å². The molecule has 7 heteroatoms. The van der Waals surface area contributed by atoms with E-state index in [2.05, 4.69) is 4.98 Å². The molecule has 0 amide bonds. The molecule has 0 spiro atoms. The van der Waals surface area contributed by atoms with E-state index in [0.29, 0.717) is 11.3 Å². The maximum atomic E-state index is 12.2. The Morgan fingerprint density at radius 2 is 2.13 bits per heavy atom. The van der Waals surface area contributed by atoms with Gasteiger partial charge in [-0.25, -0.2) is 4.79 Å². The molecular weight excluding hydrogens is 300 g/mol. The van der Waals surface area contributed by atoms with Crippen LogP contribution >= 0.6 is 0 Å². The standard InChI is InChI=1S/C16H20N2O5/c1-4-16(18(20)21,15(19)23-5-2)9-11-10-17-14-7-6-12(22-3)8-13(11)14/h6-8,10,17H,4-5,9H2,1-3H3/t16-/m0/s1. The highest BCUT2D eigenvalue weighted by Crippen LogP contribution is 2.29. The summed E-state index contributed by atoms with van der Waals surface area (Å²) in [5.41, 5.74) is -0.266. The zero-order valence-electron chi connectivity index (χ0n) is 13.4. The molecule has 23 heavy (non-hydrogen) atoms. The van der Waals surface area contributed by atoms with Gasteiger partial charge in [0.15, 0.2) is 0 Å². The summed E-state index contributed by atoms with van der Waals surface area (Å²) in [6, 6.07) is 5.43. The van der Waals surface area contributed by atoms with Gasteiger partial charge in [-0.05, 0) is 30.7 Å². The van der Waals surface area contributed by atoms with Gasteiger partial charge in [-0.2, -0.15) is 0 Å². The molecule has 124 valence electrons. The number of benzene rings is 1. The van der Waals surface area contributed by atoms with E-state index in [1.165, 1.54) is 0 Å². The number of rotatable bonds is 7. The van der Waals surface area contributed by atoms with Crippen LogP contribution in [-0.4, -0.2) is 35.1 Å². The van der Waals surface area contributed by atoms with E-state index in [1.54, 1.807) is 39.3 Å². The third-order valence-corrected chi connectivity index (χ3v) is 4.05. The number of aromatic nitrogens is 1. The summed E-state index contributed by atoms with van der Waals surface area (Å²) in [7, 11) is 1.56. The van der Waals surface area contributed by atoms with Crippen LogP contribution < -0.4 is 4.74 Å². The van der Waals surface area contributed by atoms with E-state index >= 15 is 0 Å². The number of carbonyl (C=O) groups is 1. The lowest BCUT2D eigenvalue weighted by Crippen LogP contribution is -2.49. The highest BCUT2D eigenvalue weighted by Gasteiger charge is 2.51. The van der Waals surface area contributed by atoms with Crippen molar-refractivity contribution >= 4 is 16.9 Å². The number of carbonyl (C=O) groups excluding carboxylic acids is 1. The average molecular weight is 320 g/mol. The van der Waals surface area contributed by atoms with Gasteiger partial charge >= 0.3 is 11.5 Å². The molecule has 1 N–H and O–H groups in total. The molecule has 0 aliphatic heterocycles. The summed E-state index contributed by atoms with van der Waals surface area (Å²) >= 11 is 0. The Balaban J connectivity index is 2.47. The van der Waals surface area contributed by atoms with E-state index in [4.69, 9.17) is 9.47 Å². The Morgan fingerprint density at radius 1 is 1.39 bits per heavy atom. The third-order valence-electron chi connectivity index (χ3n) is 4.05. The second-order valence-corrected chi connectivity index (χ2v) is 5.26. The first-order valence-corrected chi connectivity index (χ1v) is 7.44. The van der Waals surface area contributed by atoms with Crippen molar-refractivity contribution in [1.29, 1.82) is 0 Å². The molecule has 1 aromatic carbocycles. The summed E-state index contributed by atoms with van der Waals surface area (Å²) in [6.45, 7) is 3.36. The van der Waals surface area contributed by atoms with E-state index in [9.17, 15) is 14.9 Å². The van der Waals surface area contributed by atoms with Crippen molar-refractivity contribution in [2.24, 2.45) is 0 Å². The number of fused-ring (bicyclic) bond motifs is 1. The van der Waals surface area contributed by atoms with Crippen molar-refractivity contribution in [2.45, 2.75) is 32.2 Å². The summed E-state index contributed by atoms with van der Waals surface area (Å²) in [5.74, 6) is -0.151. The predicted octanol–water partition coefficient (Wildman–Crippen LogP) is 2.71. The number of nitrogens with one attached hydrogen (secondary N) is 1. The summed E-state index contributed by atoms with van der Waals surface area (Å²) in [4.78, 5) is 26.4. The number of nitrogens with zero attached hydrogens (tertiary/aromatic N) is 1. The number of aromatic amines is 1. The van der Waals surface area contributed by atoms with Crippen LogP contribution in [0.1, 0.15) is 25.8 Å². The fourth-order valence-corrected chi connectivity index (χ4v) is 2.62. The van der Waals surface area contributed by atoms with Crippen LogP contribution in [0.3, 0.4) is 0 Å². The second kappa shape index (κ2) is 6.68. The minimum atomic E-state index is -1.78. The zero-order valence-corrected chi connectivity index (χ0v) is 13.4. The number of methoxy groups -OCH3 is 1. The summed E-state index contributed by atoms with van der Waals surface area (Å²) < 4.78 is 10.1. The van der Waals surface area contributed by atoms with Gasteiger partial charge in [0, 0.05) is 28.4 Å². The highest BCUT2D eigenvalue weighted by molar-refractivity contribution is 5.86. The van der Waals surface area contributed by atoms with Gasteiger partial charge in [-0.1, -0.05) is 6.92 Å². The highest BCUT2D eigenvalue weighted by atomic mass is 16.6. The average Bonchev–Trinajstić information content (AvgIpc) is 2.94. The Hall–Kier alpha value is -2.57. The van der Waals surface area contributed by atoms with Crippen LogP contribution in [0.2, 0.25) is 0 Å². The molecule has 0 radical (unpaired) electrons. The monoisotopic (exact) mass is 320 g/mol. The van der Waals surface area contributed by atoms with Gasteiger partial charge in [-0.3, -0.25) is 10.1 Å². The number of hydrogen-bond acceptors (Lipinski definition) is 5. The van der Waals surface area contributed by atoms with Crippen LogP contribution in [0.5, 0.6) is 5.75 Å². The van der Waals surface area contributed by atoms with Crippen LogP contribution in [0, 0.1) is 10.1 Å². The van der Waals surface area contributed by atoms with Gasteiger partial charge in [-0.15, -0.1) is 0 Å². The van der Waals surface area contributed by atoms with E-state index < -0.39 is 16.4 Å². The van der Waals surface area contributed by atoms with Gasteiger partial charge in [0.1, 0.15) is 5.75 Å². The van der Waals surface area contributed by atoms with Crippen LogP contribution in [0.15, 0.2) is 24.4 Å². The Kier molecular flexibility index (Phi) is 4.88. The van der Waals surface area contributed by atoms with Crippen LogP contribution in [0.4, 0.5) is 0 Å². The fraction of sp³-hybridized carbons (Fsp3) is 0.438. The molecule has 2 aromatic rings. The lowest BCUT2D eigenvalue weighted by molar-refractivity contribution is -0.555. The van der Waals surface area contributed by atoms with Gasteiger partial charge in [0.2, 0.25) is 0 Å². The quantitative estimate of drug-likeness (QED) is 0.481. The lowest BCUT2D eigenvalue weighted by atomic mass is 9.88. The molecule has 1 atom stereocenters. The van der Waals surface area contributed by atoms with E-state index in [-0.39, 0.29) is 19.4 Å². The lowest BCUT2D eigenvalue weighted by Gasteiger charge is -2.21.